The van der Waals surface area contributed by atoms with Gasteiger partial charge in [0.1, 0.15) is 16.5 Å². The first kappa shape index (κ1) is 15.6. The maximum atomic E-state index is 5.65. The third kappa shape index (κ3) is 4.02. The molecule has 2 nitrogen and oxygen atoms in total. The van der Waals surface area contributed by atoms with Crippen LogP contribution < -0.4 is 0 Å². The molecule has 0 aromatic rings. The third-order valence-corrected chi connectivity index (χ3v) is 17.6. The van der Waals surface area contributed by atoms with Crippen molar-refractivity contribution < 1.29 is 4.43 Å². The normalized spacial score (nSPS) is 24.2. The van der Waals surface area contributed by atoms with Crippen molar-refractivity contribution in [3.05, 3.63) is 0 Å². The summed E-state index contributed by atoms with van der Waals surface area (Å²) in [5.74, 6) is 0. The van der Waals surface area contributed by atoms with Crippen molar-refractivity contribution in [2.75, 3.05) is 13.7 Å². The molecule has 0 aromatic heterocycles. The van der Waals surface area contributed by atoms with Crippen LogP contribution in [-0.4, -0.2) is 42.7 Å². The molecule has 0 N–H and O–H groups in total. The van der Waals surface area contributed by atoms with E-state index < -0.39 is 24.8 Å². The highest BCUT2D eigenvalue weighted by Gasteiger charge is 2.46. The fourth-order valence-corrected chi connectivity index (χ4v) is 18.5. The zero-order valence-corrected chi connectivity index (χ0v) is 15.9. The molecular formula is C12H31NOSi3. The van der Waals surface area contributed by atoms with Crippen LogP contribution in [0.4, 0.5) is 0 Å². The van der Waals surface area contributed by atoms with Crippen molar-refractivity contribution >= 4 is 24.8 Å². The first-order valence-corrected chi connectivity index (χ1v) is 16.4. The Morgan fingerprint density at radius 1 is 1.06 bits per heavy atom. The smallest absolute Gasteiger partial charge is 0.186 e. The molecule has 0 aliphatic carbocycles. The van der Waals surface area contributed by atoms with Gasteiger partial charge in [-0.25, -0.2) is 0 Å². The molecule has 1 fully saturated rings. The molecule has 1 rings (SSSR count). The van der Waals surface area contributed by atoms with Gasteiger partial charge in [0.25, 0.3) is 0 Å². The highest BCUT2D eigenvalue weighted by Crippen LogP contribution is 2.37. The van der Waals surface area contributed by atoms with Gasteiger partial charge in [0, 0.05) is 7.11 Å². The molecule has 0 radical (unpaired) electrons. The summed E-state index contributed by atoms with van der Waals surface area (Å²) in [6.45, 7) is 16.3. The minimum atomic E-state index is -1.34. The zero-order valence-electron chi connectivity index (χ0n) is 12.9. The van der Waals surface area contributed by atoms with Crippen molar-refractivity contribution in [2.24, 2.45) is 0 Å². The molecule has 0 atom stereocenters. The quantitative estimate of drug-likeness (QED) is 0.711. The van der Waals surface area contributed by atoms with Crippen molar-refractivity contribution in [1.29, 1.82) is 0 Å². The maximum absolute atomic E-state index is 5.65. The molecular weight excluding hydrogens is 258 g/mol. The van der Waals surface area contributed by atoms with E-state index in [0.717, 1.165) is 0 Å². The fraction of sp³-hybridized carbons (Fsp3) is 1.00. The maximum Gasteiger partial charge on any atom is 0.186 e. The van der Waals surface area contributed by atoms with Crippen LogP contribution in [0.15, 0.2) is 0 Å². The standard InChI is InChI=1S/C12H31NOSi3/c1-14-17(6,7)10-8-9-13-15(2,3)11-12-16(13,4)5/h8-12H2,1-7H3. The molecule has 0 saturated carbocycles. The van der Waals surface area contributed by atoms with E-state index in [9.17, 15) is 0 Å². The lowest BCUT2D eigenvalue weighted by atomic mass is 10.5. The van der Waals surface area contributed by atoms with E-state index in [1.807, 2.05) is 7.11 Å². The van der Waals surface area contributed by atoms with Gasteiger partial charge in [-0.2, -0.15) is 0 Å². The monoisotopic (exact) mass is 289 g/mol. The molecule has 0 spiro atoms. The molecule has 1 heterocycles. The van der Waals surface area contributed by atoms with E-state index in [-0.39, 0.29) is 0 Å². The summed E-state index contributed by atoms with van der Waals surface area (Å²) < 4.78 is 8.64. The summed E-state index contributed by atoms with van der Waals surface area (Å²) in [4.78, 5) is 0. The molecule has 1 aliphatic rings. The average molecular weight is 290 g/mol. The van der Waals surface area contributed by atoms with Crippen LogP contribution in [0, 0.1) is 0 Å². The fourth-order valence-electron chi connectivity index (χ4n) is 3.07. The van der Waals surface area contributed by atoms with Crippen LogP contribution in [0.25, 0.3) is 0 Å². The molecule has 0 bridgehead atoms. The van der Waals surface area contributed by atoms with Crippen LogP contribution in [0.1, 0.15) is 6.42 Å². The highest BCUT2D eigenvalue weighted by molar-refractivity contribution is 6.95. The lowest BCUT2D eigenvalue weighted by molar-refractivity contribution is 0.400. The van der Waals surface area contributed by atoms with Gasteiger partial charge < -0.3 is 8.66 Å². The van der Waals surface area contributed by atoms with Crippen LogP contribution in [0.5, 0.6) is 0 Å². The number of hydrogen-bond donors (Lipinski definition) is 0. The molecule has 1 saturated heterocycles. The second-order valence-electron chi connectivity index (χ2n) is 7.34. The summed E-state index contributed by atoms with van der Waals surface area (Å²) >= 11 is 0. The van der Waals surface area contributed by atoms with Crippen LogP contribution in [-0.2, 0) is 4.43 Å². The number of nitrogens with zero attached hydrogens (tertiary/aromatic N) is 1. The lowest BCUT2D eigenvalue weighted by Gasteiger charge is -2.39. The first-order valence-electron chi connectivity index (χ1n) is 6.94. The second kappa shape index (κ2) is 5.29. The summed E-state index contributed by atoms with van der Waals surface area (Å²) in [5.41, 5.74) is 0. The molecule has 5 heteroatoms. The van der Waals surface area contributed by atoms with Gasteiger partial charge in [0.05, 0.1) is 0 Å². The second-order valence-corrected chi connectivity index (χ2v) is 21.5. The Morgan fingerprint density at radius 3 is 1.94 bits per heavy atom. The zero-order chi connectivity index (χ0) is 13.3. The van der Waals surface area contributed by atoms with Gasteiger partial charge in [-0.15, -0.1) is 0 Å². The van der Waals surface area contributed by atoms with E-state index in [0.29, 0.717) is 0 Å². The molecule has 17 heavy (non-hydrogen) atoms. The number of rotatable bonds is 5. The van der Waals surface area contributed by atoms with Gasteiger partial charge >= 0.3 is 0 Å². The van der Waals surface area contributed by atoms with Crippen LogP contribution in [0.3, 0.4) is 0 Å². The number of hydrogen-bond acceptors (Lipinski definition) is 2. The van der Waals surface area contributed by atoms with Crippen molar-refractivity contribution in [2.45, 2.75) is 63.8 Å². The highest BCUT2D eigenvalue weighted by atomic mass is 28.4. The Bertz CT molecular complexity index is 250. The molecule has 102 valence electrons. The van der Waals surface area contributed by atoms with Gasteiger partial charge in [-0.05, 0) is 44.2 Å². The molecule has 0 aromatic carbocycles. The lowest BCUT2D eigenvalue weighted by Crippen LogP contribution is -2.55. The Hall–Kier alpha value is 0.571. The van der Waals surface area contributed by atoms with Gasteiger partial charge in [-0.3, -0.25) is 0 Å². The Kier molecular flexibility index (Phi) is 4.86. The predicted molar refractivity (Wildman–Crippen MR) is 85.2 cm³/mol. The van der Waals surface area contributed by atoms with E-state index >= 15 is 0 Å². The van der Waals surface area contributed by atoms with E-state index in [2.05, 4.69) is 43.5 Å². The van der Waals surface area contributed by atoms with E-state index in [1.54, 1.807) is 0 Å². The molecule has 0 unspecified atom stereocenters. The van der Waals surface area contributed by atoms with Crippen LogP contribution >= 0.6 is 0 Å². The summed E-state index contributed by atoms with van der Waals surface area (Å²) in [7, 11) is -1.53. The Balaban J connectivity index is 2.50. The van der Waals surface area contributed by atoms with Crippen LogP contribution in [0.2, 0.25) is 57.4 Å². The van der Waals surface area contributed by atoms with Crippen molar-refractivity contribution in [1.82, 2.24) is 4.23 Å². The topological polar surface area (TPSA) is 12.5 Å². The molecule has 0 amide bonds. The Labute approximate surface area is 111 Å². The molecule has 1 aliphatic heterocycles. The largest absolute Gasteiger partial charge is 0.420 e. The SMILES string of the molecule is CO[Si](C)(C)CCCN1[Si](C)(C)CC[Si]1(C)C. The Morgan fingerprint density at radius 2 is 1.53 bits per heavy atom. The first-order chi connectivity index (χ1) is 7.61. The minimum Gasteiger partial charge on any atom is -0.420 e. The van der Waals surface area contributed by atoms with E-state index in [1.165, 1.54) is 31.1 Å². The van der Waals surface area contributed by atoms with Crippen molar-refractivity contribution in [3.63, 3.8) is 0 Å². The van der Waals surface area contributed by atoms with Gasteiger partial charge in [-0.1, -0.05) is 26.2 Å². The minimum absolute atomic E-state index is 1.04. The third-order valence-electron chi connectivity index (χ3n) is 4.52. The van der Waals surface area contributed by atoms with E-state index in [4.69, 9.17) is 4.43 Å². The summed E-state index contributed by atoms with van der Waals surface area (Å²) in [5, 5.41) is 0. The summed E-state index contributed by atoms with van der Waals surface area (Å²) in [6, 6.07) is 4.36. The predicted octanol–water partition coefficient (Wildman–Crippen LogP) is 3.95. The van der Waals surface area contributed by atoms with Crippen molar-refractivity contribution in [3.8, 4) is 0 Å². The average Bonchev–Trinajstić information content (AvgIpc) is 2.40. The summed E-state index contributed by atoms with van der Waals surface area (Å²) in [6.07, 6.45) is 1.35. The van der Waals surface area contributed by atoms with Gasteiger partial charge in [0.2, 0.25) is 0 Å². The van der Waals surface area contributed by atoms with Gasteiger partial charge in [0.15, 0.2) is 8.32 Å².